The minimum absolute atomic E-state index is 0.00699. The third-order valence-corrected chi connectivity index (χ3v) is 3.26. The Balaban J connectivity index is 2.39. The van der Waals surface area contributed by atoms with Gasteiger partial charge in [-0.05, 0) is 19.9 Å². The van der Waals surface area contributed by atoms with E-state index < -0.39 is 5.41 Å². The molecule has 1 aliphatic rings. The molecule has 0 aromatic carbocycles. The molecule has 1 heterocycles. The Hall–Kier alpha value is -1.10. The second-order valence-electron chi connectivity index (χ2n) is 5.90. The normalized spacial score (nSPS) is 20.7. The standard InChI is InChI=1S/C13H25N3O2/c1-13(2,3)12(18)15-8-11(17)16-7-5-6-10(9-16)14-4/h10,14H,5-9H2,1-4H3,(H,15,18). The summed E-state index contributed by atoms with van der Waals surface area (Å²) in [5.74, 6) is -0.0782. The largest absolute Gasteiger partial charge is 0.347 e. The van der Waals surface area contributed by atoms with E-state index in [-0.39, 0.29) is 18.4 Å². The average molecular weight is 255 g/mol. The molecule has 0 spiro atoms. The van der Waals surface area contributed by atoms with Gasteiger partial charge in [-0.15, -0.1) is 0 Å². The molecule has 0 aromatic rings. The zero-order chi connectivity index (χ0) is 13.8. The molecule has 104 valence electrons. The minimum atomic E-state index is -0.449. The lowest BCUT2D eigenvalue weighted by Crippen LogP contribution is -2.50. The number of likely N-dealkylation sites (tertiary alicyclic amines) is 1. The van der Waals surface area contributed by atoms with Gasteiger partial charge in [-0.2, -0.15) is 0 Å². The predicted molar refractivity (Wildman–Crippen MR) is 71.1 cm³/mol. The van der Waals surface area contributed by atoms with E-state index in [2.05, 4.69) is 10.6 Å². The van der Waals surface area contributed by atoms with Gasteiger partial charge >= 0.3 is 0 Å². The van der Waals surface area contributed by atoms with Gasteiger partial charge in [0.15, 0.2) is 0 Å². The van der Waals surface area contributed by atoms with Crippen LogP contribution in [0.25, 0.3) is 0 Å². The zero-order valence-electron chi connectivity index (χ0n) is 11.9. The second-order valence-corrected chi connectivity index (χ2v) is 5.90. The molecule has 2 amide bonds. The van der Waals surface area contributed by atoms with E-state index in [1.807, 2.05) is 32.7 Å². The smallest absolute Gasteiger partial charge is 0.242 e. The lowest BCUT2D eigenvalue weighted by Gasteiger charge is -2.32. The number of hydrogen-bond acceptors (Lipinski definition) is 3. The van der Waals surface area contributed by atoms with Crippen LogP contribution in [0.4, 0.5) is 0 Å². The van der Waals surface area contributed by atoms with Crippen molar-refractivity contribution in [2.24, 2.45) is 5.41 Å². The Bertz CT molecular complexity index is 310. The summed E-state index contributed by atoms with van der Waals surface area (Å²) in [6.45, 7) is 7.15. The van der Waals surface area contributed by atoms with Crippen molar-refractivity contribution in [2.75, 3.05) is 26.7 Å². The fraction of sp³-hybridized carbons (Fsp3) is 0.846. The molecule has 1 unspecified atom stereocenters. The van der Waals surface area contributed by atoms with Crippen LogP contribution in [-0.2, 0) is 9.59 Å². The Morgan fingerprint density at radius 1 is 1.33 bits per heavy atom. The first-order valence-corrected chi connectivity index (χ1v) is 6.58. The average Bonchev–Trinajstić information content (AvgIpc) is 2.34. The van der Waals surface area contributed by atoms with Crippen molar-refractivity contribution in [3.05, 3.63) is 0 Å². The summed E-state index contributed by atoms with van der Waals surface area (Å²) >= 11 is 0. The molecule has 0 aromatic heterocycles. The van der Waals surface area contributed by atoms with E-state index in [1.165, 1.54) is 0 Å². The summed E-state index contributed by atoms with van der Waals surface area (Å²) < 4.78 is 0. The van der Waals surface area contributed by atoms with Crippen LogP contribution in [0, 0.1) is 5.41 Å². The molecule has 1 aliphatic heterocycles. The Labute approximate surface area is 109 Å². The van der Waals surface area contributed by atoms with Gasteiger partial charge in [0.1, 0.15) is 0 Å². The molecular weight excluding hydrogens is 230 g/mol. The third kappa shape index (κ3) is 4.29. The molecule has 2 N–H and O–H groups in total. The van der Waals surface area contributed by atoms with E-state index in [0.717, 1.165) is 25.9 Å². The maximum absolute atomic E-state index is 12.0. The molecule has 1 saturated heterocycles. The number of amides is 2. The molecule has 1 rings (SSSR count). The summed E-state index contributed by atoms with van der Waals surface area (Å²) in [6.07, 6.45) is 2.12. The highest BCUT2D eigenvalue weighted by Gasteiger charge is 2.25. The highest BCUT2D eigenvalue weighted by atomic mass is 16.2. The van der Waals surface area contributed by atoms with Gasteiger partial charge in [0, 0.05) is 24.5 Å². The molecule has 0 bridgehead atoms. The van der Waals surface area contributed by atoms with E-state index in [9.17, 15) is 9.59 Å². The van der Waals surface area contributed by atoms with Gasteiger partial charge in [-0.1, -0.05) is 20.8 Å². The number of carbonyl (C=O) groups is 2. The van der Waals surface area contributed by atoms with Crippen LogP contribution in [0.15, 0.2) is 0 Å². The van der Waals surface area contributed by atoms with Crippen LogP contribution < -0.4 is 10.6 Å². The highest BCUT2D eigenvalue weighted by Crippen LogP contribution is 2.13. The summed E-state index contributed by atoms with van der Waals surface area (Å²) in [7, 11) is 1.92. The van der Waals surface area contributed by atoms with E-state index in [0.29, 0.717) is 6.04 Å². The molecule has 5 nitrogen and oxygen atoms in total. The first kappa shape index (κ1) is 15.0. The summed E-state index contributed by atoms with van der Waals surface area (Å²) in [5, 5.41) is 5.90. The minimum Gasteiger partial charge on any atom is -0.347 e. The van der Waals surface area contributed by atoms with Crippen molar-refractivity contribution in [2.45, 2.75) is 39.7 Å². The fourth-order valence-corrected chi connectivity index (χ4v) is 1.97. The number of nitrogens with one attached hydrogen (secondary N) is 2. The monoisotopic (exact) mass is 255 g/mol. The van der Waals surface area contributed by atoms with Gasteiger partial charge in [-0.25, -0.2) is 0 Å². The van der Waals surface area contributed by atoms with Gasteiger partial charge in [-0.3, -0.25) is 9.59 Å². The van der Waals surface area contributed by atoms with Crippen LogP contribution in [0.2, 0.25) is 0 Å². The number of hydrogen-bond donors (Lipinski definition) is 2. The van der Waals surface area contributed by atoms with E-state index in [4.69, 9.17) is 0 Å². The molecule has 0 saturated carbocycles. The SMILES string of the molecule is CNC1CCCN(C(=O)CNC(=O)C(C)(C)C)C1. The van der Waals surface area contributed by atoms with Crippen LogP contribution in [0.1, 0.15) is 33.6 Å². The van der Waals surface area contributed by atoms with Crippen molar-refractivity contribution in [1.82, 2.24) is 15.5 Å². The first-order valence-electron chi connectivity index (χ1n) is 6.58. The molecule has 18 heavy (non-hydrogen) atoms. The molecular formula is C13H25N3O2. The van der Waals surface area contributed by atoms with Gasteiger partial charge in [0.05, 0.1) is 6.54 Å². The van der Waals surface area contributed by atoms with Gasteiger partial charge in [0.25, 0.3) is 0 Å². The first-order chi connectivity index (χ1) is 8.34. The Morgan fingerprint density at radius 3 is 2.56 bits per heavy atom. The van der Waals surface area contributed by atoms with Gasteiger partial charge < -0.3 is 15.5 Å². The van der Waals surface area contributed by atoms with Crippen LogP contribution in [-0.4, -0.2) is 49.4 Å². The van der Waals surface area contributed by atoms with Gasteiger partial charge in [0.2, 0.25) is 11.8 Å². The summed E-state index contributed by atoms with van der Waals surface area (Å²) in [6, 6.07) is 0.376. The molecule has 1 fully saturated rings. The lowest BCUT2D eigenvalue weighted by atomic mass is 9.96. The predicted octanol–water partition coefficient (Wildman–Crippen LogP) is 0.359. The van der Waals surface area contributed by atoms with E-state index in [1.54, 1.807) is 0 Å². The summed E-state index contributed by atoms with van der Waals surface area (Å²) in [5.41, 5.74) is -0.449. The van der Waals surface area contributed by atoms with Crippen molar-refractivity contribution < 1.29 is 9.59 Å². The van der Waals surface area contributed by atoms with Crippen LogP contribution >= 0.6 is 0 Å². The van der Waals surface area contributed by atoms with Crippen LogP contribution in [0.5, 0.6) is 0 Å². The third-order valence-electron chi connectivity index (χ3n) is 3.26. The van der Waals surface area contributed by atoms with Crippen molar-refractivity contribution in [3.63, 3.8) is 0 Å². The molecule has 1 atom stereocenters. The number of carbonyl (C=O) groups excluding carboxylic acids is 2. The topological polar surface area (TPSA) is 61.4 Å². The Morgan fingerprint density at radius 2 is 2.00 bits per heavy atom. The van der Waals surface area contributed by atoms with Crippen molar-refractivity contribution >= 4 is 11.8 Å². The van der Waals surface area contributed by atoms with E-state index >= 15 is 0 Å². The highest BCUT2D eigenvalue weighted by molar-refractivity contribution is 5.87. The second kappa shape index (κ2) is 6.18. The van der Waals surface area contributed by atoms with Crippen molar-refractivity contribution in [3.8, 4) is 0 Å². The Kier molecular flexibility index (Phi) is 5.14. The van der Waals surface area contributed by atoms with Crippen molar-refractivity contribution in [1.29, 1.82) is 0 Å². The number of rotatable bonds is 3. The van der Waals surface area contributed by atoms with Crippen LogP contribution in [0.3, 0.4) is 0 Å². The molecule has 0 radical (unpaired) electrons. The number of piperidine rings is 1. The quantitative estimate of drug-likeness (QED) is 0.765. The molecule has 5 heteroatoms. The maximum Gasteiger partial charge on any atom is 0.242 e. The number of likely N-dealkylation sites (N-methyl/N-ethyl adjacent to an activating group) is 1. The fourth-order valence-electron chi connectivity index (χ4n) is 1.97. The summed E-state index contributed by atoms with van der Waals surface area (Å²) in [4.78, 5) is 25.5. The molecule has 0 aliphatic carbocycles. The lowest BCUT2D eigenvalue weighted by molar-refractivity contribution is -0.136. The maximum atomic E-state index is 12.0. The zero-order valence-corrected chi connectivity index (χ0v) is 11.9. The number of nitrogens with zero attached hydrogens (tertiary/aromatic N) is 1.